The van der Waals surface area contributed by atoms with Crippen molar-refractivity contribution >= 4 is 12.0 Å². The van der Waals surface area contributed by atoms with Gasteiger partial charge in [-0.05, 0) is 31.5 Å². The quantitative estimate of drug-likeness (QED) is 0.897. The van der Waals surface area contributed by atoms with Gasteiger partial charge in [0, 0.05) is 31.0 Å². The van der Waals surface area contributed by atoms with Gasteiger partial charge in [0.1, 0.15) is 5.82 Å². The molecule has 0 bridgehead atoms. The Balaban J connectivity index is 1.70. The van der Waals surface area contributed by atoms with Crippen molar-refractivity contribution in [3.63, 3.8) is 0 Å². The van der Waals surface area contributed by atoms with Gasteiger partial charge in [0.2, 0.25) is 0 Å². The first-order valence-corrected chi connectivity index (χ1v) is 7.53. The summed E-state index contributed by atoms with van der Waals surface area (Å²) in [7, 11) is 0. The molecule has 1 fully saturated rings. The molecule has 1 aliphatic heterocycles. The number of carbonyl (C=O) groups is 2. The number of imidazole rings is 1. The van der Waals surface area contributed by atoms with E-state index in [0.717, 1.165) is 5.69 Å². The summed E-state index contributed by atoms with van der Waals surface area (Å²) in [6.45, 7) is 2.41. The van der Waals surface area contributed by atoms with Crippen molar-refractivity contribution in [2.24, 2.45) is 0 Å². The maximum atomic E-state index is 14.3. The van der Waals surface area contributed by atoms with Crippen LogP contribution < -0.4 is 5.32 Å². The highest BCUT2D eigenvalue weighted by molar-refractivity contribution is 5.95. The number of aryl methyl sites for hydroxylation is 1. The second-order valence-corrected chi connectivity index (χ2v) is 5.77. The number of carboxylic acid groups (broad SMARTS) is 1. The first-order valence-electron chi connectivity index (χ1n) is 7.53. The van der Waals surface area contributed by atoms with E-state index in [2.05, 4.69) is 10.3 Å². The number of amides is 2. The van der Waals surface area contributed by atoms with E-state index in [0.29, 0.717) is 18.7 Å². The maximum absolute atomic E-state index is 14.3. The van der Waals surface area contributed by atoms with E-state index in [1.54, 1.807) is 23.2 Å². The fraction of sp³-hybridized carbons (Fsp3) is 0.312. The molecule has 7 nitrogen and oxygen atoms in total. The van der Waals surface area contributed by atoms with Gasteiger partial charge in [-0.3, -0.25) is 4.79 Å². The SMILES string of the molecule is Cc1cn(-c2ccc(C(=O)N[C@@H]3CCN(C(=O)O)C3)c(F)c2)cn1. The van der Waals surface area contributed by atoms with Crippen molar-refractivity contribution in [1.29, 1.82) is 0 Å². The molecule has 1 aromatic carbocycles. The molecule has 0 saturated carbocycles. The molecule has 1 saturated heterocycles. The zero-order valence-corrected chi connectivity index (χ0v) is 13.1. The average Bonchev–Trinajstić information content (AvgIpc) is 3.16. The Morgan fingerprint density at radius 3 is 2.79 bits per heavy atom. The molecule has 1 aromatic heterocycles. The molecule has 8 heteroatoms. The number of halogens is 1. The molecule has 2 aromatic rings. The van der Waals surface area contributed by atoms with Crippen LogP contribution in [0, 0.1) is 12.7 Å². The second kappa shape index (κ2) is 6.31. The summed E-state index contributed by atoms with van der Waals surface area (Å²) in [4.78, 5) is 28.4. The minimum atomic E-state index is -1.02. The number of aromatic nitrogens is 2. The van der Waals surface area contributed by atoms with Crippen LogP contribution in [0.25, 0.3) is 5.69 Å². The molecular weight excluding hydrogens is 315 g/mol. The Labute approximate surface area is 137 Å². The number of benzene rings is 1. The van der Waals surface area contributed by atoms with Crippen LogP contribution in [0.4, 0.5) is 9.18 Å². The molecule has 0 radical (unpaired) electrons. The Morgan fingerprint density at radius 1 is 1.42 bits per heavy atom. The normalized spacial score (nSPS) is 17.1. The van der Waals surface area contributed by atoms with E-state index >= 15 is 0 Å². The van der Waals surface area contributed by atoms with E-state index < -0.39 is 17.8 Å². The molecule has 126 valence electrons. The molecule has 24 heavy (non-hydrogen) atoms. The van der Waals surface area contributed by atoms with E-state index in [1.807, 2.05) is 6.92 Å². The highest BCUT2D eigenvalue weighted by Crippen LogP contribution is 2.16. The minimum Gasteiger partial charge on any atom is -0.465 e. The molecule has 1 atom stereocenters. The third-order valence-corrected chi connectivity index (χ3v) is 4.00. The van der Waals surface area contributed by atoms with Gasteiger partial charge in [0.05, 0.1) is 17.6 Å². The molecular formula is C16H17FN4O3. The number of hydrogen-bond donors (Lipinski definition) is 2. The van der Waals surface area contributed by atoms with Gasteiger partial charge in [-0.25, -0.2) is 14.2 Å². The van der Waals surface area contributed by atoms with Gasteiger partial charge in [-0.15, -0.1) is 0 Å². The van der Waals surface area contributed by atoms with Gasteiger partial charge >= 0.3 is 6.09 Å². The lowest BCUT2D eigenvalue weighted by molar-refractivity contribution is 0.0931. The van der Waals surface area contributed by atoms with Crippen LogP contribution in [0.3, 0.4) is 0 Å². The molecule has 0 aliphatic carbocycles. The van der Waals surface area contributed by atoms with E-state index in [4.69, 9.17) is 5.11 Å². The lowest BCUT2D eigenvalue weighted by Crippen LogP contribution is -2.38. The van der Waals surface area contributed by atoms with Crippen molar-refractivity contribution in [3.05, 3.63) is 47.8 Å². The Kier molecular flexibility index (Phi) is 4.20. The smallest absolute Gasteiger partial charge is 0.407 e. The standard InChI is InChI=1S/C16H17FN4O3/c1-10-7-21(9-18-10)12-2-3-13(14(17)6-12)15(22)19-11-4-5-20(8-11)16(23)24/h2-3,6-7,9,11H,4-5,8H2,1H3,(H,19,22)(H,23,24)/t11-/m1/s1. The van der Waals surface area contributed by atoms with Gasteiger partial charge in [-0.2, -0.15) is 0 Å². The zero-order chi connectivity index (χ0) is 17.3. The van der Waals surface area contributed by atoms with Crippen LogP contribution in [0.1, 0.15) is 22.5 Å². The highest BCUT2D eigenvalue weighted by atomic mass is 19.1. The summed E-state index contributed by atoms with van der Waals surface area (Å²) in [5.41, 5.74) is 1.31. The maximum Gasteiger partial charge on any atom is 0.407 e. The predicted molar refractivity (Wildman–Crippen MR) is 83.7 cm³/mol. The summed E-state index contributed by atoms with van der Waals surface area (Å²) in [5, 5.41) is 11.6. The summed E-state index contributed by atoms with van der Waals surface area (Å²) < 4.78 is 15.9. The van der Waals surface area contributed by atoms with Crippen LogP contribution in [-0.4, -0.2) is 50.7 Å². The van der Waals surface area contributed by atoms with Crippen LogP contribution in [-0.2, 0) is 0 Å². The number of rotatable bonds is 3. The fourth-order valence-electron chi connectivity index (χ4n) is 2.73. The van der Waals surface area contributed by atoms with Crippen molar-refractivity contribution in [2.75, 3.05) is 13.1 Å². The third kappa shape index (κ3) is 3.22. The third-order valence-electron chi connectivity index (χ3n) is 4.00. The highest BCUT2D eigenvalue weighted by Gasteiger charge is 2.27. The molecule has 2 heterocycles. The lowest BCUT2D eigenvalue weighted by atomic mass is 10.1. The van der Waals surface area contributed by atoms with Crippen molar-refractivity contribution < 1.29 is 19.1 Å². The Morgan fingerprint density at radius 2 is 2.21 bits per heavy atom. The van der Waals surface area contributed by atoms with Gasteiger partial charge in [-0.1, -0.05) is 0 Å². The summed E-state index contributed by atoms with van der Waals surface area (Å²) in [6, 6.07) is 4.02. The number of nitrogens with zero attached hydrogens (tertiary/aromatic N) is 3. The second-order valence-electron chi connectivity index (χ2n) is 5.77. The molecule has 0 spiro atoms. The Bertz CT molecular complexity index is 789. The largest absolute Gasteiger partial charge is 0.465 e. The number of hydrogen-bond acceptors (Lipinski definition) is 3. The molecule has 2 amide bonds. The topological polar surface area (TPSA) is 87.5 Å². The van der Waals surface area contributed by atoms with Gasteiger partial charge in [0.25, 0.3) is 5.91 Å². The van der Waals surface area contributed by atoms with Crippen LogP contribution >= 0.6 is 0 Å². The molecule has 1 aliphatic rings. The lowest BCUT2D eigenvalue weighted by Gasteiger charge is -2.14. The zero-order valence-electron chi connectivity index (χ0n) is 13.1. The van der Waals surface area contributed by atoms with E-state index in [9.17, 15) is 14.0 Å². The fourth-order valence-corrected chi connectivity index (χ4v) is 2.73. The number of nitrogens with one attached hydrogen (secondary N) is 1. The molecule has 0 unspecified atom stereocenters. The molecule has 3 rings (SSSR count). The Hall–Kier alpha value is -2.90. The van der Waals surface area contributed by atoms with Crippen molar-refractivity contribution in [2.45, 2.75) is 19.4 Å². The summed E-state index contributed by atoms with van der Waals surface area (Å²) in [6.07, 6.45) is 2.83. The number of likely N-dealkylation sites (tertiary alicyclic amines) is 1. The average molecular weight is 332 g/mol. The van der Waals surface area contributed by atoms with E-state index in [-0.39, 0.29) is 18.2 Å². The van der Waals surface area contributed by atoms with Crippen LogP contribution in [0.2, 0.25) is 0 Å². The first kappa shape index (κ1) is 16.0. The summed E-state index contributed by atoms with van der Waals surface area (Å²) in [5.74, 6) is -1.18. The van der Waals surface area contributed by atoms with Crippen LogP contribution in [0.15, 0.2) is 30.7 Å². The van der Waals surface area contributed by atoms with Crippen molar-refractivity contribution in [3.8, 4) is 5.69 Å². The minimum absolute atomic E-state index is 0.0654. The first-order chi connectivity index (χ1) is 11.4. The number of carbonyl (C=O) groups excluding carboxylic acids is 1. The van der Waals surface area contributed by atoms with Gasteiger partial charge in [0.15, 0.2) is 0 Å². The van der Waals surface area contributed by atoms with E-state index in [1.165, 1.54) is 17.0 Å². The summed E-state index contributed by atoms with van der Waals surface area (Å²) >= 11 is 0. The van der Waals surface area contributed by atoms with Gasteiger partial charge < -0.3 is 19.9 Å². The predicted octanol–water partition coefficient (Wildman–Crippen LogP) is 1.80. The molecule has 2 N–H and O–H groups in total. The van der Waals surface area contributed by atoms with Crippen molar-refractivity contribution in [1.82, 2.24) is 19.8 Å². The van der Waals surface area contributed by atoms with Crippen LogP contribution in [0.5, 0.6) is 0 Å². The monoisotopic (exact) mass is 332 g/mol.